The van der Waals surface area contributed by atoms with E-state index in [4.69, 9.17) is 13.9 Å². The topological polar surface area (TPSA) is 60.7 Å². The van der Waals surface area contributed by atoms with Crippen molar-refractivity contribution in [3.63, 3.8) is 0 Å². The molecular formula is C27H23F2NO4. The highest BCUT2D eigenvalue weighted by molar-refractivity contribution is 6.06. The fourth-order valence-corrected chi connectivity index (χ4v) is 3.90. The summed E-state index contributed by atoms with van der Waals surface area (Å²) >= 11 is 0. The Morgan fingerprint density at radius 2 is 1.76 bits per heavy atom. The average molecular weight is 463 g/mol. The van der Waals surface area contributed by atoms with E-state index in [2.05, 4.69) is 5.32 Å². The first-order chi connectivity index (χ1) is 16.3. The summed E-state index contributed by atoms with van der Waals surface area (Å²) in [7, 11) is 3.16. The summed E-state index contributed by atoms with van der Waals surface area (Å²) in [4.78, 5) is 12.6. The summed E-state index contributed by atoms with van der Waals surface area (Å²) < 4.78 is 43.8. The van der Waals surface area contributed by atoms with Crippen molar-refractivity contribution >= 4 is 28.1 Å². The lowest BCUT2D eigenvalue weighted by molar-refractivity contribution is -0.111. The van der Waals surface area contributed by atoms with Crippen LogP contribution in [0, 0.1) is 18.6 Å². The molecule has 34 heavy (non-hydrogen) atoms. The van der Waals surface area contributed by atoms with Gasteiger partial charge in [-0.1, -0.05) is 12.1 Å². The predicted molar refractivity (Wildman–Crippen MR) is 128 cm³/mol. The maximum Gasteiger partial charge on any atom is 0.248 e. The van der Waals surface area contributed by atoms with Gasteiger partial charge in [0.05, 0.1) is 26.2 Å². The number of methoxy groups -OCH3 is 2. The van der Waals surface area contributed by atoms with Crippen LogP contribution < -0.4 is 14.8 Å². The van der Waals surface area contributed by atoms with Gasteiger partial charge in [0, 0.05) is 34.2 Å². The number of carbonyl (C=O) groups excluding carboxylic acids is 1. The van der Waals surface area contributed by atoms with E-state index in [-0.39, 0.29) is 5.69 Å². The Labute approximate surface area is 195 Å². The zero-order valence-electron chi connectivity index (χ0n) is 19.2. The van der Waals surface area contributed by atoms with Gasteiger partial charge in [0.2, 0.25) is 5.91 Å². The molecule has 0 bridgehead atoms. The van der Waals surface area contributed by atoms with E-state index in [1.165, 1.54) is 12.1 Å². The summed E-state index contributed by atoms with van der Waals surface area (Å²) in [5.41, 5.74) is 4.48. The molecular weight excluding hydrogens is 440 g/mol. The minimum Gasteiger partial charge on any atom is -0.497 e. The third kappa shape index (κ3) is 4.37. The number of anilines is 1. The maximum absolute atomic E-state index is 13.9. The molecule has 5 nitrogen and oxygen atoms in total. The molecule has 4 aromatic rings. The van der Waals surface area contributed by atoms with E-state index in [0.29, 0.717) is 28.5 Å². The zero-order chi connectivity index (χ0) is 24.4. The van der Waals surface area contributed by atoms with Gasteiger partial charge in [0.15, 0.2) is 0 Å². The molecule has 0 radical (unpaired) electrons. The number of hydrogen-bond donors (Lipinski definition) is 1. The van der Waals surface area contributed by atoms with Crippen LogP contribution in [0.25, 0.3) is 27.7 Å². The van der Waals surface area contributed by atoms with Gasteiger partial charge in [-0.2, -0.15) is 0 Å². The molecule has 0 spiro atoms. The molecule has 0 saturated carbocycles. The molecule has 0 aliphatic heterocycles. The molecule has 0 aliphatic rings. The van der Waals surface area contributed by atoms with Crippen molar-refractivity contribution in [1.29, 1.82) is 0 Å². The molecule has 1 N–H and O–H groups in total. The maximum atomic E-state index is 13.9. The van der Waals surface area contributed by atoms with Crippen LogP contribution in [-0.2, 0) is 4.79 Å². The molecule has 3 aromatic carbocycles. The van der Waals surface area contributed by atoms with E-state index in [1.807, 2.05) is 37.3 Å². The van der Waals surface area contributed by atoms with E-state index in [0.717, 1.165) is 33.9 Å². The highest BCUT2D eigenvalue weighted by Crippen LogP contribution is 2.40. The Morgan fingerprint density at radius 3 is 2.41 bits per heavy atom. The van der Waals surface area contributed by atoms with Gasteiger partial charge in [0.25, 0.3) is 0 Å². The number of aryl methyl sites for hydroxylation is 1. The highest BCUT2D eigenvalue weighted by Gasteiger charge is 2.19. The van der Waals surface area contributed by atoms with Crippen LogP contribution in [0.4, 0.5) is 14.5 Å². The lowest BCUT2D eigenvalue weighted by Crippen LogP contribution is -2.10. The van der Waals surface area contributed by atoms with Gasteiger partial charge in [-0.05, 0) is 55.3 Å². The van der Waals surface area contributed by atoms with E-state index >= 15 is 0 Å². The molecule has 4 rings (SSSR count). The summed E-state index contributed by atoms with van der Waals surface area (Å²) in [6.07, 6.45) is 3.03. The molecule has 7 heteroatoms. The summed E-state index contributed by atoms with van der Waals surface area (Å²) in [5, 5.41) is 3.30. The number of carbonyl (C=O) groups is 1. The smallest absolute Gasteiger partial charge is 0.248 e. The predicted octanol–water partition coefficient (Wildman–Crippen LogP) is 6.75. The zero-order valence-corrected chi connectivity index (χ0v) is 19.2. The Balaban J connectivity index is 1.74. The minimum atomic E-state index is -0.850. The first kappa shape index (κ1) is 23.0. The third-order valence-corrected chi connectivity index (χ3v) is 5.61. The second-order valence-corrected chi connectivity index (χ2v) is 7.78. The van der Waals surface area contributed by atoms with Crippen molar-refractivity contribution in [1.82, 2.24) is 0 Å². The fraction of sp³-hybridized carbons (Fsp3) is 0.148. The number of allylic oxidation sites excluding steroid dienone is 1. The van der Waals surface area contributed by atoms with Crippen LogP contribution in [0.5, 0.6) is 11.5 Å². The number of fused-ring (bicyclic) bond motifs is 1. The molecule has 1 heterocycles. The number of furan rings is 1. The molecule has 0 atom stereocenters. The van der Waals surface area contributed by atoms with Crippen molar-refractivity contribution in [2.75, 3.05) is 19.5 Å². The summed E-state index contributed by atoms with van der Waals surface area (Å²) in [6, 6.07) is 12.5. The van der Waals surface area contributed by atoms with Gasteiger partial charge in [-0.15, -0.1) is 0 Å². The number of benzene rings is 3. The molecule has 0 fully saturated rings. The Morgan fingerprint density at radius 1 is 1.03 bits per heavy atom. The van der Waals surface area contributed by atoms with Gasteiger partial charge in [-0.3, -0.25) is 4.79 Å². The first-order valence-electron chi connectivity index (χ1n) is 10.5. The molecule has 0 aliphatic carbocycles. The number of ether oxygens (including phenoxy) is 2. The van der Waals surface area contributed by atoms with Gasteiger partial charge < -0.3 is 19.2 Å². The van der Waals surface area contributed by atoms with Crippen LogP contribution in [-0.4, -0.2) is 20.1 Å². The van der Waals surface area contributed by atoms with Crippen molar-refractivity contribution in [2.24, 2.45) is 0 Å². The third-order valence-electron chi connectivity index (χ3n) is 5.61. The average Bonchev–Trinajstić information content (AvgIpc) is 3.25. The SMILES string of the molecule is COc1ccc(-c2coc3c(C)c(OC)c(/C(C)=C/C(=O)Nc4ccc(F)cc4F)cc23)cc1. The normalized spacial score (nSPS) is 11.5. The number of halogens is 2. The van der Waals surface area contributed by atoms with E-state index in [9.17, 15) is 13.6 Å². The largest absolute Gasteiger partial charge is 0.497 e. The summed E-state index contributed by atoms with van der Waals surface area (Å²) in [5.74, 6) is -0.805. The van der Waals surface area contributed by atoms with Crippen LogP contribution in [0.15, 0.2) is 65.3 Å². The quantitative estimate of drug-likeness (QED) is 0.322. The van der Waals surface area contributed by atoms with Crippen molar-refractivity contribution in [3.05, 3.63) is 83.6 Å². The monoisotopic (exact) mass is 463 g/mol. The Bertz CT molecular complexity index is 1400. The van der Waals surface area contributed by atoms with Crippen LogP contribution in [0.1, 0.15) is 18.1 Å². The number of amides is 1. The van der Waals surface area contributed by atoms with E-state index < -0.39 is 17.5 Å². The standard InChI is InChI=1S/C27H23F2NO4/c1-15(11-25(31)30-24-10-7-18(28)12-23(24)29)20-13-21-22(17-5-8-19(32-3)9-6-17)14-34-27(21)16(2)26(20)33-4/h5-14H,1-4H3,(H,30,31)/b15-11+. The van der Waals surface area contributed by atoms with Crippen molar-refractivity contribution < 1.29 is 27.5 Å². The van der Waals surface area contributed by atoms with Gasteiger partial charge in [0.1, 0.15) is 28.7 Å². The molecule has 0 saturated heterocycles. The lowest BCUT2D eigenvalue weighted by atomic mass is 9.96. The lowest BCUT2D eigenvalue weighted by Gasteiger charge is -2.13. The summed E-state index contributed by atoms with van der Waals surface area (Å²) in [6.45, 7) is 3.64. The number of nitrogens with one attached hydrogen (secondary N) is 1. The molecule has 0 unspecified atom stereocenters. The molecule has 1 aromatic heterocycles. The van der Waals surface area contributed by atoms with Crippen molar-refractivity contribution in [3.8, 4) is 22.6 Å². The second-order valence-electron chi connectivity index (χ2n) is 7.78. The van der Waals surface area contributed by atoms with Crippen molar-refractivity contribution in [2.45, 2.75) is 13.8 Å². The van der Waals surface area contributed by atoms with Gasteiger partial charge in [-0.25, -0.2) is 8.78 Å². The second kappa shape index (κ2) is 9.39. The van der Waals surface area contributed by atoms with E-state index in [1.54, 1.807) is 27.4 Å². The molecule has 174 valence electrons. The minimum absolute atomic E-state index is 0.106. The Kier molecular flexibility index (Phi) is 6.36. The van der Waals surface area contributed by atoms with Crippen LogP contribution in [0.2, 0.25) is 0 Å². The Hall–Kier alpha value is -4.13. The fourth-order valence-electron chi connectivity index (χ4n) is 3.90. The van der Waals surface area contributed by atoms with Crippen LogP contribution >= 0.6 is 0 Å². The first-order valence-corrected chi connectivity index (χ1v) is 10.5. The number of hydrogen-bond acceptors (Lipinski definition) is 4. The highest BCUT2D eigenvalue weighted by atomic mass is 19.1. The van der Waals surface area contributed by atoms with Gasteiger partial charge >= 0.3 is 0 Å². The number of rotatable bonds is 6. The molecule has 1 amide bonds. The van der Waals surface area contributed by atoms with Crippen LogP contribution in [0.3, 0.4) is 0 Å².